The fraction of sp³-hybridized carbons (Fsp3) is 0.562. The Labute approximate surface area is 120 Å². The Morgan fingerprint density at radius 1 is 1.25 bits per heavy atom. The molecule has 1 fully saturated rings. The molecule has 1 aliphatic carbocycles. The second-order valence-electron chi connectivity index (χ2n) is 5.71. The fourth-order valence-corrected chi connectivity index (χ4v) is 2.61. The van der Waals surface area contributed by atoms with Gasteiger partial charge in [-0.2, -0.15) is 0 Å². The lowest BCUT2D eigenvalue weighted by molar-refractivity contribution is 0.237. The minimum Gasteiger partial charge on any atom is -0.392 e. The summed E-state index contributed by atoms with van der Waals surface area (Å²) in [6.45, 7) is 3.41. The first-order valence-corrected chi connectivity index (χ1v) is 7.38. The van der Waals surface area contributed by atoms with Gasteiger partial charge in [-0.05, 0) is 35.8 Å². The van der Waals surface area contributed by atoms with Crippen molar-refractivity contribution in [1.29, 1.82) is 0 Å². The SMILES string of the molecule is CCCC1(CNC(=O)NCc2ccccc2CO)CC1. The number of rotatable bonds is 7. The summed E-state index contributed by atoms with van der Waals surface area (Å²) in [6, 6.07) is 7.46. The number of hydrogen-bond acceptors (Lipinski definition) is 2. The molecule has 0 spiro atoms. The van der Waals surface area contributed by atoms with Crippen LogP contribution in [0.3, 0.4) is 0 Å². The highest BCUT2D eigenvalue weighted by molar-refractivity contribution is 5.73. The van der Waals surface area contributed by atoms with Crippen LogP contribution in [-0.2, 0) is 13.2 Å². The lowest BCUT2D eigenvalue weighted by Crippen LogP contribution is -2.38. The van der Waals surface area contributed by atoms with E-state index in [9.17, 15) is 9.90 Å². The van der Waals surface area contributed by atoms with Gasteiger partial charge in [0.1, 0.15) is 0 Å². The number of aliphatic hydroxyl groups excluding tert-OH is 1. The zero-order valence-electron chi connectivity index (χ0n) is 12.1. The first-order valence-electron chi connectivity index (χ1n) is 7.38. The van der Waals surface area contributed by atoms with E-state index in [0.717, 1.165) is 17.7 Å². The van der Waals surface area contributed by atoms with Crippen molar-refractivity contribution in [2.75, 3.05) is 6.54 Å². The number of amides is 2. The monoisotopic (exact) mass is 276 g/mol. The van der Waals surface area contributed by atoms with Crippen molar-refractivity contribution in [1.82, 2.24) is 10.6 Å². The molecule has 1 aromatic rings. The van der Waals surface area contributed by atoms with Crippen molar-refractivity contribution in [3.05, 3.63) is 35.4 Å². The highest BCUT2D eigenvalue weighted by atomic mass is 16.3. The molecule has 0 heterocycles. The Kier molecular flexibility index (Phi) is 5.01. The summed E-state index contributed by atoms with van der Waals surface area (Å²) in [4.78, 5) is 11.8. The molecule has 2 rings (SSSR count). The maximum Gasteiger partial charge on any atom is 0.315 e. The predicted molar refractivity (Wildman–Crippen MR) is 79.2 cm³/mol. The number of nitrogens with one attached hydrogen (secondary N) is 2. The van der Waals surface area contributed by atoms with Crippen molar-refractivity contribution >= 4 is 6.03 Å². The number of urea groups is 1. The molecule has 0 unspecified atom stereocenters. The van der Waals surface area contributed by atoms with Gasteiger partial charge in [0.15, 0.2) is 0 Å². The van der Waals surface area contributed by atoms with Gasteiger partial charge in [-0.25, -0.2) is 4.79 Å². The maximum atomic E-state index is 11.8. The van der Waals surface area contributed by atoms with E-state index >= 15 is 0 Å². The third-order valence-electron chi connectivity index (χ3n) is 4.09. The van der Waals surface area contributed by atoms with Crippen molar-refractivity contribution < 1.29 is 9.90 Å². The maximum absolute atomic E-state index is 11.8. The van der Waals surface area contributed by atoms with Crippen LogP contribution in [0.5, 0.6) is 0 Å². The van der Waals surface area contributed by atoms with Crippen LogP contribution in [0.15, 0.2) is 24.3 Å². The molecule has 4 nitrogen and oxygen atoms in total. The van der Waals surface area contributed by atoms with Crippen LogP contribution in [0.2, 0.25) is 0 Å². The van der Waals surface area contributed by atoms with Gasteiger partial charge in [0, 0.05) is 13.1 Å². The van der Waals surface area contributed by atoms with Crippen LogP contribution in [0.25, 0.3) is 0 Å². The van der Waals surface area contributed by atoms with Crippen LogP contribution >= 0.6 is 0 Å². The quantitative estimate of drug-likeness (QED) is 0.716. The fourth-order valence-electron chi connectivity index (χ4n) is 2.61. The van der Waals surface area contributed by atoms with Crippen molar-refractivity contribution in [3.8, 4) is 0 Å². The average molecular weight is 276 g/mol. The number of aliphatic hydroxyl groups is 1. The summed E-state index contributed by atoms with van der Waals surface area (Å²) < 4.78 is 0. The lowest BCUT2D eigenvalue weighted by atomic mass is 10.0. The molecule has 0 saturated heterocycles. The second-order valence-corrected chi connectivity index (χ2v) is 5.71. The van der Waals surface area contributed by atoms with Crippen LogP contribution in [-0.4, -0.2) is 17.7 Å². The molecule has 0 aliphatic heterocycles. The first-order chi connectivity index (χ1) is 9.69. The van der Waals surface area contributed by atoms with E-state index in [-0.39, 0.29) is 12.6 Å². The highest BCUT2D eigenvalue weighted by Gasteiger charge is 2.41. The summed E-state index contributed by atoms with van der Waals surface area (Å²) in [5.41, 5.74) is 2.19. The third-order valence-corrected chi connectivity index (χ3v) is 4.09. The van der Waals surface area contributed by atoms with Gasteiger partial charge in [0.05, 0.1) is 6.61 Å². The number of hydrogen-bond donors (Lipinski definition) is 3. The molecule has 1 aliphatic rings. The van der Waals surface area contributed by atoms with Gasteiger partial charge in [0.2, 0.25) is 0 Å². The summed E-state index contributed by atoms with van der Waals surface area (Å²) in [5, 5.41) is 15.1. The molecule has 20 heavy (non-hydrogen) atoms. The van der Waals surface area contributed by atoms with Gasteiger partial charge in [0.25, 0.3) is 0 Å². The molecule has 1 saturated carbocycles. The molecular formula is C16H24N2O2. The Hall–Kier alpha value is -1.55. The highest BCUT2D eigenvalue weighted by Crippen LogP contribution is 2.48. The third kappa shape index (κ3) is 3.97. The normalized spacial score (nSPS) is 15.7. The largest absolute Gasteiger partial charge is 0.392 e. The van der Waals surface area contributed by atoms with E-state index < -0.39 is 0 Å². The van der Waals surface area contributed by atoms with Crippen LogP contribution < -0.4 is 10.6 Å². The smallest absolute Gasteiger partial charge is 0.315 e. The minimum absolute atomic E-state index is 0.000909. The Morgan fingerprint density at radius 3 is 2.55 bits per heavy atom. The molecule has 3 N–H and O–H groups in total. The number of benzene rings is 1. The summed E-state index contributed by atoms with van der Waals surface area (Å²) in [5.74, 6) is 0. The van der Waals surface area contributed by atoms with Gasteiger partial charge < -0.3 is 15.7 Å². The molecule has 1 aromatic carbocycles. The Bertz CT molecular complexity index is 456. The second kappa shape index (κ2) is 6.75. The molecule has 0 aromatic heterocycles. The summed E-state index contributed by atoms with van der Waals surface area (Å²) in [6.07, 6.45) is 4.83. The van der Waals surface area contributed by atoms with Gasteiger partial charge in [-0.15, -0.1) is 0 Å². The summed E-state index contributed by atoms with van der Waals surface area (Å²) in [7, 11) is 0. The predicted octanol–water partition coefficient (Wildman–Crippen LogP) is 2.56. The minimum atomic E-state index is -0.125. The number of carbonyl (C=O) groups is 1. The zero-order valence-corrected chi connectivity index (χ0v) is 12.1. The molecule has 0 bridgehead atoms. The topological polar surface area (TPSA) is 61.4 Å². The van der Waals surface area contributed by atoms with Crippen LogP contribution in [0.1, 0.15) is 43.7 Å². The van der Waals surface area contributed by atoms with Crippen LogP contribution in [0.4, 0.5) is 4.79 Å². The molecule has 110 valence electrons. The molecule has 2 amide bonds. The average Bonchev–Trinajstić information content (AvgIpc) is 3.24. The van der Waals surface area contributed by atoms with E-state index in [1.54, 1.807) is 0 Å². The van der Waals surface area contributed by atoms with E-state index in [1.807, 2.05) is 24.3 Å². The Morgan fingerprint density at radius 2 is 1.95 bits per heavy atom. The zero-order chi connectivity index (χ0) is 14.4. The first kappa shape index (κ1) is 14.9. The van der Waals surface area contributed by atoms with Crippen molar-refractivity contribution in [3.63, 3.8) is 0 Å². The van der Waals surface area contributed by atoms with Crippen molar-refractivity contribution in [2.45, 2.75) is 45.8 Å². The van der Waals surface area contributed by atoms with Gasteiger partial charge in [-0.3, -0.25) is 0 Å². The van der Waals surface area contributed by atoms with E-state index in [0.29, 0.717) is 12.0 Å². The standard InChI is InChI=1S/C16H24N2O2/c1-2-7-16(8-9-16)12-18-15(20)17-10-13-5-3-4-6-14(13)11-19/h3-6,19H,2,7-12H2,1H3,(H2,17,18,20). The van der Waals surface area contributed by atoms with E-state index in [1.165, 1.54) is 25.7 Å². The van der Waals surface area contributed by atoms with Gasteiger partial charge in [-0.1, -0.05) is 37.6 Å². The number of carbonyl (C=O) groups excluding carboxylic acids is 1. The molecule has 4 heteroatoms. The molecule has 0 radical (unpaired) electrons. The molecule has 0 atom stereocenters. The van der Waals surface area contributed by atoms with E-state index in [4.69, 9.17) is 0 Å². The summed E-state index contributed by atoms with van der Waals surface area (Å²) >= 11 is 0. The Balaban J connectivity index is 1.75. The van der Waals surface area contributed by atoms with Gasteiger partial charge >= 0.3 is 6.03 Å². The van der Waals surface area contributed by atoms with Crippen LogP contribution in [0, 0.1) is 5.41 Å². The lowest BCUT2D eigenvalue weighted by Gasteiger charge is -2.15. The van der Waals surface area contributed by atoms with E-state index in [2.05, 4.69) is 17.6 Å². The van der Waals surface area contributed by atoms with Crippen molar-refractivity contribution in [2.24, 2.45) is 5.41 Å². The molecular weight excluding hydrogens is 252 g/mol.